The van der Waals surface area contributed by atoms with Gasteiger partial charge >= 0.3 is 24.1 Å². The van der Waals surface area contributed by atoms with Crippen molar-refractivity contribution in [1.29, 1.82) is 0 Å². The molecule has 0 saturated heterocycles. The zero-order valence-corrected chi connectivity index (χ0v) is 17.0. The third-order valence-corrected chi connectivity index (χ3v) is 5.67. The van der Waals surface area contributed by atoms with Gasteiger partial charge in [0.1, 0.15) is 0 Å². The highest BCUT2D eigenvalue weighted by Gasteiger charge is 2.38. The van der Waals surface area contributed by atoms with E-state index in [9.17, 15) is 18.0 Å². The zero-order valence-electron chi connectivity index (χ0n) is 17.0. The molecule has 168 valence electrons. The fourth-order valence-electron chi connectivity index (χ4n) is 4.02. The molecule has 0 aliphatic heterocycles. The largest absolute Gasteiger partial charge is 0.481 e. The van der Waals surface area contributed by atoms with Crippen LogP contribution in [0.4, 0.5) is 24.9 Å². The quantitative estimate of drug-likeness (QED) is 0.505. The fraction of sp³-hybridized carbons (Fsp3) is 0.364. The van der Waals surface area contributed by atoms with Crippen LogP contribution in [0.1, 0.15) is 49.5 Å². The number of carboxylic acids is 1. The lowest BCUT2D eigenvalue weighted by atomic mass is 9.77. The summed E-state index contributed by atoms with van der Waals surface area (Å²) >= 11 is 0. The van der Waals surface area contributed by atoms with Gasteiger partial charge in [0.25, 0.3) is 0 Å². The second-order valence-corrected chi connectivity index (χ2v) is 7.90. The van der Waals surface area contributed by atoms with Gasteiger partial charge in [-0.25, -0.2) is 0 Å². The van der Waals surface area contributed by atoms with E-state index in [1.165, 1.54) is 11.8 Å². The third-order valence-electron chi connectivity index (χ3n) is 5.67. The molecule has 3 aromatic rings. The van der Waals surface area contributed by atoms with Gasteiger partial charge in [-0.2, -0.15) is 13.2 Å². The molecule has 10 heteroatoms. The molecule has 4 rings (SSSR count). The number of halogens is 3. The van der Waals surface area contributed by atoms with Crippen molar-refractivity contribution >= 4 is 17.7 Å². The molecule has 32 heavy (non-hydrogen) atoms. The van der Waals surface area contributed by atoms with Crippen molar-refractivity contribution in [2.45, 2.75) is 44.2 Å². The number of carbonyl (C=O) groups is 1. The average molecular weight is 446 g/mol. The summed E-state index contributed by atoms with van der Waals surface area (Å²) in [6.45, 7) is 0. The van der Waals surface area contributed by atoms with Crippen molar-refractivity contribution in [1.82, 2.24) is 15.2 Å². The Morgan fingerprint density at radius 3 is 2.34 bits per heavy atom. The van der Waals surface area contributed by atoms with E-state index >= 15 is 0 Å². The number of anilines is 2. The molecule has 0 unspecified atom stereocenters. The minimum absolute atomic E-state index is 0.248. The summed E-state index contributed by atoms with van der Waals surface area (Å²) in [6, 6.07) is 11.2. The first kappa shape index (κ1) is 21.8. The lowest BCUT2D eigenvalue weighted by molar-refractivity contribution is -0.156. The first-order chi connectivity index (χ1) is 15.3. The van der Waals surface area contributed by atoms with E-state index in [2.05, 4.69) is 37.0 Å². The summed E-state index contributed by atoms with van der Waals surface area (Å²) in [5.41, 5.74) is 3.28. The lowest BCUT2D eigenvalue weighted by Crippen LogP contribution is -2.16. The zero-order chi connectivity index (χ0) is 22.7. The number of aromatic nitrogens is 3. The van der Waals surface area contributed by atoms with Crippen LogP contribution in [-0.4, -0.2) is 26.3 Å². The molecule has 1 aliphatic carbocycles. The van der Waals surface area contributed by atoms with Crippen molar-refractivity contribution in [2.75, 3.05) is 5.32 Å². The van der Waals surface area contributed by atoms with Crippen LogP contribution in [0.3, 0.4) is 0 Å². The number of carboxylic acid groups (broad SMARTS) is 1. The van der Waals surface area contributed by atoms with E-state index in [0.29, 0.717) is 17.3 Å². The van der Waals surface area contributed by atoms with Gasteiger partial charge in [0.2, 0.25) is 0 Å². The summed E-state index contributed by atoms with van der Waals surface area (Å²) in [4.78, 5) is 15.2. The van der Waals surface area contributed by atoms with Crippen molar-refractivity contribution in [2.24, 2.45) is 5.92 Å². The Bertz CT molecular complexity index is 1060. The number of rotatable bonds is 6. The maximum atomic E-state index is 12.5. The van der Waals surface area contributed by atoms with Crippen LogP contribution < -0.4 is 5.32 Å². The minimum atomic E-state index is -4.70. The molecule has 1 fully saturated rings. The average Bonchev–Trinajstić information content (AvgIpc) is 3.24. The second kappa shape index (κ2) is 8.97. The van der Waals surface area contributed by atoms with Gasteiger partial charge in [0, 0.05) is 12.0 Å². The molecule has 0 atom stereocenters. The van der Waals surface area contributed by atoms with E-state index in [0.717, 1.165) is 31.2 Å². The Morgan fingerprint density at radius 1 is 1.06 bits per heavy atom. The topological polar surface area (TPSA) is 101 Å². The van der Waals surface area contributed by atoms with Gasteiger partial charge in [0.05, 0.1) is 17.6 Å². The number of nitrogens with one attached hydrogen (secondary N) is 1. The summed E-state index contributed by atoms with van der Waals surface area (Å²) in [5, 5.41) is 17.8. The van der Waals surface area contributed by atoms with Gasteiger partial charge in [-0.1, -0.05) is 29.4 Å². The van der Waals surface area contributed by atoms with Gasteiger partial charge in [-0.3, -0.25) is 9.78 Å². The van der Waals surface area contributed by atoms with E-state index in [1.807, 2.05) is 12.1 Å². The molecule has 7 nitrogen and oxygen atoms in total. The normalized spacial score (nSPS) is 19.0. The number of aliphatic carboxylic acids is 1. The predicted octanol–water partition coefficient (Wildman–Crippen LogP) is 5.64. The molecule has 0 amide bonds. The predicted molar refractivity (Wildman–Crippen MR) is 109 cm³/mol. The van der Waals surface area contributed by atoms with Crippen molar-refractivity contribution in [3.05, 3.63) is 54.0 Å². The Hall–Kier alpha value is -3.43. The van der Waals surface area contributed by atoms with Crippen molar-refractivity contribution in [3.63, 3.8) is 0 Å². The first-order valence-corrected chi connectivity index (χ1v) is 10.2. The van der Waals surface area contributed by atoms with Crippen LogP contribution in [0.5, 0.6) is 0 Å². The SMILES string of the molecule is O=C(O)C[C@H]1CC[C@H](c2ccc(-c3ccc(Nc4nnc(C(F)(F)F)o4)cn3)cc2)CC1. The number of benzene rings is 1. The Kier molecular flexibility index (Phi) is 6.11. The highest BCUT2D eigenvalue weighted by molar-refractivity contribution is 5.67. The summed E-state index contributed by atoms with van der Waals surface area (Å²) in [6.07, 6.45) is 0.864. The minimum Gasteiger partial charge on any atom is -0.481 e. The number of hydrogen-bond donors (Lipinski definition) is 2. The van der Waals surface area contributed by atoms with Crippen LogP contribution in [-0.2, 0) is 11.0 Å². The van der Waals surface area contributed by atoms with Gasteiger partial charge in [0.15, 0.2) is 0 Å². The molecule has 2 aromatic heterocycles. The Labute approximate surface area is 181 Å². The van der Waals surface area contributed by atoms with Gasteiger partial charge in [-0.05, 0) is 55.2 Å². The number of alkyl halides is 3. The molecule has 0 bridgehead atoms. The standard InChI is InChI=1S/C22H21F3N4O3/c23-22(24,25)20-28-29-21(32-20)27-17-9-10-18(26-12-17)16-7-5-15(6-8-16)14-3-1-13(2-4-14)11-19(30)31/h5-10,12-14H,1-4,11H2,(H,27,29)(H,30,31)/t13-,14-. The van der Waals surface area contributed by atoms with E-state index in [1.54, 1.807) is 12.1 Å². The second-order valence-electron chi connectivity index (χ2n) is 7.90. The number of nitrogens with zero attached hydrogens (tertiary/aromatic N) is 3. The van der Waals surface area contributed by atoms with Crippen molar-refractivity contribution in [3.8, 4) is 11.3 Å². The van der Waals surface area contributed by atoms with E-state index in [-0.39, 0.29) is 18.4 Å². The summed E-state index contributed by atoms with van der Waals surface area (Å²) in [5.74, 6) is -1.44. The molecule has 2 N–H and O–H groups in total. The molecule has 0 radical (unpaired) electrons. The first-order valence-electron chi connectivity index (χ1n) is 10.2. The van der Waals surface area contributed by atoms with Crippen LogP contribution in [0.2, 0.25) is 0 Å². The number of hydrogen-bond acceptors (Lipinski definition) is 6. The van der Waals surface area contributed by atoms with Crippen LogP contribution in [0, 0.1) is 5.92 Å². The highest BCUT2D eigenvalue weighted by atomic mass is 19.4. The van der Waals surface area contributed by atoms with Crippen LogP contribution in [0.25, 0.3) is 11.3 Å². The van der Waals surface area contributed by atoms with Gasteiger partial charge in [-0.15, -0.1) is 5.10 Å². The molecule has 1 aromatic carbocycles. The van der Waals surface area contributed by atoms with Gasteiger partial charge < -0.3 is 14.8 Å². The highest BCUT2D eigenvalue weighted by Crippen LogP contribution is 2.37. The Balaban J connectivity index is 1.36. The monoisotopic (exact) mass is 446 g/mol. The van der Waals surface area contributed by atoms with E-state index in [4.69, 9.17) is 5.11 Å². The lowest BCUT2D eigenvalue weighted by Gasteiger charge is -2.28. The van der Waals surface area contributed by atoms with Crippen LogP contribution >= 0.6 is 0 Å². The summed E-state index contributed by atoms with van der Waals surface area (Å²) < 4.78 is 42.1. The van der Waals surface area contributed by atoms with E-state index < -0.39 is 18.0 Å². The maximum absolute atomic E-state index is 12.5. The maximum Gasteiger partial charge on any atom is 0.470 e. The third kappa shape index (κ3) is 5.24. The fourth-order valence-corrected chi connectivity index (χ4v) is 4.02. The molecule has 1 aliphatic rings. The molecular weight excluding hydrogens is 425 g/mol. The molecular formula is C22H21F3N4O3. The number of pyridine rings is 1. The van der Waals surface area contributed by atoms with Crippen LogP contribution in [0.15, 0.2) is 47.0 Å². The molecule has 0 spiro atoms. The van der Waals surface area contributed by atoms with Crippen molar-refractivity contribution < 1.29 is 27.5 Å². The molecule has 2 heterocycles. The smallest absolute Gasteiger partial charge is 0.470 e. The summed E-state index contributed by atoms with van der Waals surface area (Å²) in [7, 11) is 0. The molecule has 1 saturated carbocycles. The Morgan fingerprint density at radius 2 is 1.78 bits per heavy atom.